The van der Waals surface area contributed by atoms with Gasteiger partial charge in [-0.2, -0.15) is 22.0 Å². The SMILES string of the molecule is COc1ccc(CNC(=O)Cc2sc(SC(F)(F)F)nc2C)cc1OC(F)F. The number of nitrogens with zero attached hydrogens (tertiary/aromatic N) is 1. The fourth-order valence-electron chi connectivity index (χ4n) is 2.14. The Balaban J connectivity index is 1.97. The van der Waals surface area contributed by atoms with Crippen LogP contribution in [-0.4, -0.2) is 30.1 Å². The Morgan fingerprint density at radius 2 is 2.04 bits per heavy atom. The van der Waals surface area contributed by atoms with E-state index in [9.17, 15) is 26.7 Å². The topological polar surface area (TPSA) is 60.5 Å². The van der Waals surface area contributed by atoms with Crippen molar-refractivity contribution in [3.05, 3.63) is 34.3 Å². The summed E-state index contributed by atoms with van der Waals surface area (Å²) in [4.78, 5) is 16.3. The van der Waals surface area contributed by atoms with Gasteiger partial charge in [-0.3, -0.25) is 4.79 Å². The molecule has 1 aromatic carbocycles. The molecule has 0 saturated heterocycles. The smallest absolute Gasteiger partial charge is 0.448 e. The van der Waals surface area contributed by atoms with Gasteiger partial charge in [-0.15, -0.1) is 11.3 Å². The second-order valence-electron chi connectivity index (χ2n) is 5.35. The number of ether oxygens (including phenoxy) is 2. The van der Waals surface area contributed by atoms with E-state index >= 15 is 0 Å². The molecule has 0 aliphatic carbocycles. The zero-order valence-electron chi connectivity index (χ0n) is 14.6. The molecule has 0 fully saturated rings. The summed E-state index contributed by atoms with van der Waals surface area (Å²) in [7, 11) is 1.30. The minimum Gasteiger partial charge on any atom is -0.493 e. The van der Waals surface area contributed by atoms with E-state index in [2.05, 4.69) is 15.0 Å². The second-order valence-corrected chi connectivity index (χ2v) is 7.75. The normalized spacial score (nSPS) is 11.6. The minimum absolute atomic E-state index is 0.0183. The molecule has 0 bridgehead atoms. The van der Waals surface area contributed by atoms with Crippen molar-refractivity contribution >= 4 is 29.0 Å². The van der Waals surface area contributed by atoms with Crippen LogP contribution in [0.15, 0.2) is 22.5 Å². The van der Waals surface area contributed by atoms with Gasteiger partial charge in [0.1, 0.15) is 0 Å². The highest BCUT2D eigenvalue weighted by molar-refractivity contribution is 8.01. The Kier molecular flexibility index (Phi) is 7.47. The molecule has 0 atom stereocenters. The van der Waals surface area contributed by atoms with Crippen molar-refractivity contribution in [2.45, 2.75) is 36.3 Å². The molecule has 5 nitrogen and oxygen atoms in total. The first kappa shape index (κ1) is 22.2. The summed E-state index contributed by atoms with van der Waals surface area (Å²) in [6, 6.07) is 4.29. The number of alkyl halides is 5. The molecule has 0 saturated carbocycles. The van der Waals surface area contributed by atoms with Crippen molar-refractivity contribution < 1.29 is 36.2 Å². The lowest BCUT2D eigenvalue weighted by molar-refractivity contribution is -0.120. The summed E-state index contributed by atoms with van der Waals surface area (Å²) in [5.74, 6) is -0.496. The number of hydrogen-bond donors (Lipinski definition) is 1. The average molecular weight is 442 g/mol. The summed E-state index contributed by atoms with van der Waals surface area (Å²) < 4.78 is 71.2. The maximum absolute atomic E-state index is 12.4. The number of carbonyl (C=O) groups excluding carboxylic acids is 1. The van der Waals surface area contributed by atoms with E-state index in [1.165, 1.54) is 26.2 Å². The van der Waals surface area contributed by atoms with Gasteiger partial charge in [-0.25, -0.2) is 4.98 Å². The maximum Gasteiger partial charge on any atom is 0.448 e. The molecule has 0 aliphatic heterocycles. The first-order valence-electron chi connectivity index (χ1n) is 7.68. The van der Waals surface area contributed by atoms with E-state index in [4.69, 9.17) is 4.74 Å². The Hall–Kier alpha value is -2.08. The number of halogens is 5. The van der Waals surface area contributed by atoms with Gasteiger partial charge in [0, 0.05) is 23.2 Å². The van der Waals surface area contributed by atoms with Crippen LogP contribution in [0.3, 0.4) is 0 Å². The quantitative estimate of drug-likeness (QED) is 0.481. The summed E-state index contributed by atoms with van der Waals surface area (Å²) in [6.45, 7) is -1.49. The first-order valence-corrected chi connectivity index (χ1v) is 9.31. The third kappa shape index (κ3) is 6.82. The van der Waals surface area contributed by atoms with Gasteiger partial charge in [0.25, 0.3) is 0 Å². The number of thioether (sulfide) groups is 1. The van der Waals surface area contributed by atoms with E-state index in [1.807, 2.05) is 0 Å². The van der Waals surface area contributed by atoms with Gasteiger partial charge in [-0.05, 0) is 24.6 Å². The largest absolute Gasteiger partial charge is 0.493 e. The van der Waals surface area contributed by atoms with Crippen molar-refractivity contribution in [3.63, 3.8) is 0 Å². The molecule has 2 aromatic rings. The predicted molar refractivity (Wildman–Crippen MR) is 93.9 cm³/mol. The summed E-state index contributed by atoms with van der Waals surface area (Å²) in [5, 5.41) is 2.58. The lowest BCUT2D eigenvalue weighted by Crippen LogP contribution is -2.24. The number of thiazole rings is 1. The highest BCUT2D eigenvalue weighted by atomic mass is 32.2. The Morgan fingerprint density at radius 1 is 1.32 bits per heavy atom. The van der Waals surface area contributed by atoms with Crippen LogP contribution in [0.2, 0.25) is 0 Å². The fraction of sp³-hybridized carbons (Fsp3) is 0.375. The molecule has 28 heavy (non-hydrogen) atoms. The number of rotatable bonds is 8. The van der Waals surface area contributed by atoms with Crippen LogP contribution in [0.4, 0.5) is 22.0 Å². The zero-order valence-corrected chi connectivity index (χ0v) is 16.2. The second kappa shape index (κ2) is 9.41. The van der Waals surface area contributed by atoms with E-state index in [1.54, 1.807) is 6.07 Å². The van der Waals surface area contributed by atoms with Crippen LogP contribution in [0, 0.1) is 6.92 Å². The number of methoxy groups -OCH3 is 1. The van der Waals surface area contributed by atoms with E-state index < -0.39 is 18.0 Å². The van der Waals surface area contributed by atoms with Crippen LogP contribution in [0.5, 0.6) is 11.5 Å². The van der Waals surface area contributed by atoms with Crippen molar-refractivity contribution in [1.82, 2.24) is 10.3 Å². The molecule has 0 unspecified atom stereocenters. The van der Waals surface area contributed by atoms with Gasteiger partial charge in [0.15, 0.2) is 15.8 Å². The molecular formula is C16H15F5N2O3S2. The van der Waals surface area contributed by atoms with Gasteiger partial charge >= 0.3 is 12.1 Å². The standard InChI is InChI=1S/C16H15F5N2O3S2/c1-8-12(27-15(23-8)28-16(19,20)21)6-13(24)22-7-9-3-4-10(25-2)11(5-9)26-14(17)18/h3-5,14H,6-7H2,1-2H3,(H,22,24). The fourth-order valence-corrected chi connectivity index (χ4v) is 4.06. The van der Waals surface area contributed by atoms with E-state index in [0.717, 1.165) is 11.3 Å². The highest BCUT2D eigenvalue weighted by Gasteiger charge is 2.31. The molecular weight excluding hydrogens is 427 g/mol. The predicted octanol–water partition coefficient (Wildman–Crippen LogP) is 4.53. The molecule has 1 N–H and O–H groups in total. The highest BCUT2D eigenvalue weighted by Crippen LogP contribution is 2.39. The Labute approximate surface area is 165 Å². The number of nitrogens with one attached hydrogen (secondary N) is 1. The number of hydrogen-bond acceptors (Lipinski definition) is 6. The molecule has 0 spiro atoms. The number of amides is 1. The van der Waals surface area contributed by atoms with Crippen LogP contribution in [0.1, 0.15) is 16.1 Å². The van der Waals surface area contributed by atoms with Crippen molar-refractivity contribution in [3.8, 4) is 11.5 Å². The van der Waals surface area contributed by atoms with Crippen molar-refractivity contribution in [2.24, 2.45) is 0 Å². The average Bonchev–Trinajstić information content (AvgIpc) is 2.89. The van der Waals surface area contributed by atoms with E-state index in [0.29, 0.717) is 16.1 Å². The summed E-state index contributed by atoms with van der Waals surface area (Å²) in [5.41, 5.74) is -3.61. The summed E-state index contributed by atoms with van der Waals surface area (Å²) in [6.07, 6.45) is -0.140. The zero-order chi connectivity index (χ0) is 20.9. The molecule has 12 heteroatoms. The lowest BCUT2D eigenvalue weighted by Gasteiger charge is -2.12. The number of aryl methyl sites for hydroxylation is 1. The van der Waals surface area contributed by atoms with Gasteiger partial charge in [0.05, 0.1) is 19.2 Å². The molecule has 0 radical (unpaired) electrons. The van der Waals surface area contributed by atoms with Gasteiger partial charge in [0.2, 0.25) is 5.91 Å². The van der Waals surface area contributed by atoms with Crippen LogP contribution in [-0.2, 0) is 17.8 Å². The van der Waals surface area contributed by atoms with Crippen LogP contribution >= 0.6 is 23.1 Å². The van der Waals surface area contributed by atoms with Gasteiger partial charge < -0.3 is 14.8 Å². The van der Waals surface area contributed by atoms with E-state index in [-0.39, 0.29) is 40.6 Å². The molecule has 1 heterocycles. The third-order valence-electron chi connectivity index (χ3n) is 3.33. The summed E-state index contributed by atoms with van der Waals surface area (Å²) >= 11 is 0.473. The third-order valence-corrected chi connectivity index (χ3v) is 5.28. The van der Waals surface area contributed by atoms with Crippen molar-refractivity contribution in [2.75, 3.05) is 7.11 Å². The minimum atomic E-state index is -4.45. The molecule has 1 amide bonds. The molecule has 0 aliphatic rings. The number of aromatic nitrogens is 1. The number of benzene rings is 1. The maximum atomic E-state index is 12.4. The van der Waals surface area contributed by atoms with Gasteiger partial charge in [-0.1, -0.05) is 6.07 Å². The lowest BCUT2D eigenvalue weighted by atomic mass is 10.2. The molecule has 1 aromatic heterocycles. The monoisotopic (exact) mass is 442 g/mol. The Bertz CT molecular complexity index is 827. The Morgan fingerprint density at radius 3 is 2.64 bits per heavy atom. The van der Waals surface area contributed by atoms with Crippen molar-refractivity contribution in [1.29, 1.82) is 0 Å². The van der Waals surface area contributed by atoms with Crippen LogP contribution < -0.4 is 14.8 Å². The number of carbonyl (C=O) groups is 1. The first-order chi connectivity index (χ1) is 13.1. The van der Waals surface area contributed by atoms with Crippen LogP contribution in [0.25, 0.3) is 0 Å². The molecule has 154 valence electrons. The molecule has 2 rings (SSSR count).